The van der Waals surface area contributed by atoms with Crippen LogP contribution >= 0.6 is 0 Å². The lowest BCUT2D eigenvalue weighted by atomic mass is 9.95. The molecule has 1 heterocycles. The quantitative estimate of drug-likeness (QED) is 0.314. The van der Waals surface area contributed by atoms with Gasteiger partial charge in [0.1, 0.15) is 36.6 Å². The molecule has 0 aromatic heterocycles. The standard InChI is InChI=1S/C19H23NO8/c1-10(22)20-13(19(26)27)8-12-4-2-11(3-5-12)6-7-14-16(23)18(25)17(24)15(9-21)28-14/h2-5,13-18,21,23-25H,8-9H2,1H3,(H,20,22)(H,26,27)/t13?,14-,15+,16+,17+,18+/m0/s1. The molecule has 1 unspecified atom stereocenters. The molecule has 0 radical (unpaired) electrons. The van der Waals surface area contributed by atoms with Gasteiger partial charge < -0.3 is 35.6 Å². The van der Waals surface area contributed by atoms with E-state index in [1.54, 1.807) is 24.3 Å². The molecule has 152 valence electrons. The molecule has 1 aliphatic heterocycles. The molecule has 0 spiro atoms. The third-order valence-corrected chi connectivity index (χ3v) is 4.32. The fourth-order valence-electron chi connectivity index (χ4n) is 2.78. The fourth-order valence-corrected chi connectivity index (χ4v) is 2.78. The van der Waals surface area contributed by atoms with E-state index < -0.39 is 55.0 Å². The normalized spacial score (nSPS) is 28.0. The highest BCUT2D eigenvalue weighted by atomic mass is 16.5. The van der Waals surface area contributed by atoms with Gasteiger partial charge in [0.05, 0.1) is 6.61 Å². The highest BCUT2D eigenvalue weighted by molar-refractivity contribution is 5.82. The Morgan fingerprint density at radius 2 is 1.79 bits per heavy atom. The topological polar surface area (TPSA) is 157 Å². The van der Waals surface area contributed by atoms with Crippen molar-refractivity contribution in [3.8, 4) is 11.8 Å². The van der Waals surface area contributed by atoms with Gasteiger partial charge in [-0.1, -0.05) is 24.0 Å². The molecule has 6 N–H and O–H groups in total. The third-order valence-electron chi connectivity index (χ3n) is 4.32. The number of ether oxygens (including phenoxy) is 1. The van der Waals surface area contributed by atoms with Crippen molar-refractivity contribution in [2.24, 2.45) is 0 Å². The summed E-state index contributed by atoms with van der Waals surface area (Å²) in [6, 6.07) is 5.56. The highest BCUT2D eigenvalue weighted by Gasteiger charge is 2.42. The first kappa shape index (κ1) is 21.8. The maximum Gasteiger partial charge on any atom is 0.326 e. The van der Waals surface area contributed by atoms with E-state index in [0.717, 1.165) is 0 Å². The second-order valence-electron chi connectivity index (χ2n) is 6.51. The molecule has 1 aromatic rings. The van der Waals surface area contributed by atoms with Crippen molar-refractivity contribution in [2.75, 3.05) is 6.61 Å². The Morgan fingerprint density at radius 3 is 2.32 bits per heavy atom. The van der Waals surface area contributed by atoms with Gasteiger partial charge in [-0.15, -0.1) is 0 Å². The van der Waals surface area contributed by atoms with Gasteiger partial charge >= 0.3 is 5.97 Å². The predicted molar refractivity (Wildman–Crippen MR) is 96.0 cm³/mol. The van der Waals surface area contributed by atoms with Gasteiger partial charge in [-0.2, -0.15) is 0 Å². The van der Waals surface area contributed by atoms with Crippen LogP contribution in [0.5, 0.6) is 0 Å². The summed E-state index contributed by atoms with van der Waals surface area (Å²) in [6.45, 7) is 0.713. The molecule has 28 heavy (non-hydrogen) atoms. The summed E-state index contributed by atoms with van der Waals surface area (Å²) in [5, 5.41) is 50.1. The molecular formula is C19H23NO8. The van der Waals surface area contributed by atoms with Gasteiger partial charge in [0.25, 0.3) is 0 Å². The summed E-state index contributed by atoms with van der Waals surface area (Å²) >= 11 is 0. The molecule has 0 aliphatic carbocycles. The third kappa shape index (κ3) is 5.51. The minimum absolute atomic E-state index is 0.106. The van der Waals surface area contributed by atoms with E-state index in [4.69, 9.17) is 9.84 Å². The smallest absolute Gasteiger partial charge is 0.326 e. The lowest BCUT2D eigenvalue weighted by Gasteiger charge is -2.37. The minimum atomic E-state index is -1.49. The van der Waals surface area contributed by atoms with Crippen molar-refractivity contribution in [3.05, 3.63) is 35.4 Å². The largest absolute Gasteiger partial charge is 0.480 e. The lowest BCUT2D eigenvalue weighted by molar-refractivity contribution is -0.214. The van der Waals surface area contributed by atoms with Gasteiger partial charge in [0.2, 0.25) is 5.91 Å². The monoisotopic (exact) mass is 393 g/mol. The Labute approximate surface area is 161 Å². The molecule has 1 amide bonds. The van der Waals surface area contributed by atoms with E-state index in [1.165, 1.54) is 6.92 Å². The van der Waals surface area contributed by atoms with Gasteiger partial charge in [0, 0.05) is 18.9 Å². The summed E-state index contributed by atoms with van der Waals surface area (Å²) in [7, 11) is 0. The predicted octanol–water partition coefficient (Wildman–Crippen LogP) is -1.99. The van der Waals surface area contributed by atoms with Crippen LogP contribution in [0.2, 0.25) is 0 Å². The average molecular weight is 393 g/mol. The Hall–Kier alpha value is -2.48. The Morgan fingerprint density at radius 1 is 1.14 bits per heavy atom. The zero-order valence-electron chi connectivity index (χ0n) is 15.1. The van der Waals surface area contributed by atoms with Crippen molar-refractivity contribution in [3.63, 3.8) is 0 Å². The first-order chi connectivity index (χ1) is 13.2. The molecule has 1 fully saturated rings. The molecule has 9 heteroatoms. The number of benzene rings is 1. The van der Waals surface area contributed by atoms with E-state index in [1.807, 2.05) is 0 Å². The van der Waals surface area contributed by atoms with Crippen LogP contribution in [0.3, 0.4) is 0 Å². The van der Waals surface area contributed by atoms with Crippen molar-refractivity contribution < 1.29 is 39.9 Å². The zero-order chi connectivity index (χ0) is 20.8. The summed E-state index contributed by atoms with van der Waals surface area (Å²) in [5.41, 5.74) is 1.23. The first-order valence-electron chi connectivity index (χ1n) is 8.63. The van der Waals surface area contributed by atoms with Gasteiger partial charge in [-0.3, -0.25) is 4.79 Å². The Kier molecular flexibility index (Phi) is 7.51. The number of nitrogens with one attached hydrogen (secondary N) is 1. The molecule has 1 aromatic carbocycles. The number of rotatable bonds is 5. The number of carboxylic acid groups (broad SMARTS) is 1. The van der Waals surface area contributed by atoms with Crippen LogP contribution in [-0.2, 0) is 20.7 Å². The van der Waals surface area contributed by atoms with E-state index in [2.05, 4.69) is 17.2 Å². The Balaban J connectivity index is 2.06. The molecule has 1 saturated heterocycles. The van der Waals surface area contributed by atoms with Gasteiger partial charge in [-0.05, 0) is 17.7 Å². The second-order valence-corrected chi connectivity index (χ2v) is 6.51. The van der Waals surface area contributed by atoms with Crippen LogP contribution in [-0.4, -0.2) is 80.6 Å². The molecule has 0 bridgehead atoms. The maximum atomic E-state index is 11.2. The van der Waals surface area contributed by atoms with Gasteiger partial charge in [0.15, 0.2) is 0 Å². The minimum Gasteiger partial charge on any atom is -0.480 e. The maximum absolute atomic E-state index is 11.2. The first-order valence-corrected chi connectivity index (χ1v) is 8.63. The number of carboxylic acids is 1. The van der Waals surface area contributed by atoms with Crippen molar-refractivity contribution in [1.82, 2.24) is 5.32 Å². The van der Waals surface area contributed by atoms with E-state index in [-0.39, 0.29) is 6.42 Å². The van der Waals surface area contributed by atoms with Crippen molar-refractivity contribution >= 4 is 11.9 Å². The number of carbonyl (C=O) groups excluding carboxylic acids is 1. The summed E-state index contributed by atoms with van der Waals surface area (Å²) in [6.07, 6.45) is -6.38. The number of carbonyl (C=O) groups is 2. The second kappa shape index (κ2) is 9.64. The number of amides is 1. The SMILES string of the molecule is CC(=O)NC(Cc1ccc(C#C[C@@H]2O[C@H](CO)[C@@H](O)[C@H](O)[C@@H]2O)cc1)C(=O)O. The number of aliphatic carboxylic acids is 1. The van der Waals surface area contributed by atoms with Crippen LogP contribution in [0, 0.1) is 11.8 Å². The Bertz CT molecular complexity index is 751. The molecule has 0 saturated carbocycles. The van der Waals surface area contributed by atoms with Crippen LogP contribution in [0.1, 0.15) is 18.1 Å². The number of aliphatic hydroxyl groups is 4. The van der Waals surface area contributed by atoms with E-state index in [9.17, 15) is 30.0 Å². The average Bonchev–Trinajstić information content (AvgIpc) is 2.66. The van der Waals surface area contributed by atoms with Crippen LogP contribution in [0.4, 0.5) is 0 Å². The summed E-state index contributed by atoms with van der Waals surface area (Å²) < 4.78 is 5.30. The molecule has 2 rings (SSSR count). The lowest BCUT2D eigenvalue weighted by Crippen LogP contribution is -2.58. The van der Waals surface area contributed by atoms with E-state index in [0.29, 0.717) is 11.1 Å². The van der Waals surface area contributed by atoms with Crippen LogP contribution in [0.15, 0.2) is 24.3 Å². The molecule has 1 aliphatic rings. The van der Waals surface area contributed by atoms with Crippen molar-refractivity contribution in [2.45, 2.75) is 49.9 Å². The zero-order valence-corrected chi connectivity index (χ0v) is 15.1. The van der Waals surface area contributed by atoms with Crippen LogP contribution < -0.4 is 5.32 Å². The summed E-state index contributed by atoms with van der Waals surface area (Å²) in [4.78, 5) is 22.3. The number of hydrogen-bond donors (Lipinski definition) is 6. The highest BCUT2D eigenvalue weighted by Crippen LogP contribution is 2.20. The molecule has 9 nitrogen and oxygen atoms in total. The summed E-state index contributed by atoms with van der Waals surface area (Å²) in [5.74, 6) is 3.84. The van der Waals surface area contributed by atoms with Gasteiger partial charge in [-0.25, -0.2) is 4.79 Å². The number of aliphatic hydroxyl groups excluding tert-OH is 4. The van der Waals surface area contributed by atoms with E-state index >= 15 is 0 Å². The fraction of sp³-hybridized carbons (Fsp3) is 0.474. The van der Waals surface area contributed by atoms with Crippen molar-refractivity contribution in [1.29, 1.82) is 0 Å². The van der Waals surface area contributed by atoms with Crippen LogP contribution in [0.25, 0.3) is 0 Å². The molecular weight excluding hydrogens is 370 g/mol. The molecule has 6 atom stereocenters. The number of hydrogen-bond acceptors (Lipinski definition) is 7.